The summed E-state index contributed by atoms with van der Waals surface area (Å²) in [5.74, 6) is -1.60. The lowest BCUT2D eigenvalue weighted by Crippen LogP contribution is -2.13. The standard InChI is InChI=1S/C17H16FNO5.C2H6O/c1-11(20)24-16-7-4-13(10-15(16)17(21)22)19-8-9-23-14-5-2-12(18)3-6-14;1-3-2/h2-7,10,19H,8-9H2,1H3,(H,21,22);1-2H3. The normalized spacial score (nSPS) is 9.63. The van der Waals surface area contributed by atoms with E-state index in [1.54, 1.807) is 20.3 Å². The molecule has 0 unspecified atom stereocenters. The predicted octanol–water partition coefficient (Wildman–Crippen LogP) is 3.20. The first-order valence-electron chi connectivity index (χ1n) is 7.95. The molecule has 0 saturated carbocycles. The molecule has 8 heteroatoms. The molecule has 2 N–H and O–H groups in total. The highest BCUT2D eigenvalue weighted by Crippen LogP contribution is 2.23. The van der Waals surface area contributed by atoms with Crippen LogP contribution in [0.3, 0.4) is 0 Å². The van der Waals surface area contributed by atoms with Gasteiger partial charge in [0.2, 0.25) is 0 Å². The Morgan fingerprint density at radius 2 is 1.74 bits per heavy atom. The Morgan fingerprint density at radius 1 is 1.11 bits per heavy atom. The summed E-state index contributed by atoms with van der Waals surface area (Å²) in [6, 6.07) is 10.0. The summed E-state index contributed by atoms with van der Waals surface area (Å²) in [4.78, 5) is 22.2. The number of methoxy groups -OCH3 is 1. The number of carboxylic acid groups (broad SMARTS) is 1. The molecule has 0 saturated heterocycles. The topological polar surface area (TPSA) is 94.1 Å². The summed E-state index contributed by atoms with van der Waals surface area (Å²) in [6.45, 7) is 1.91. The number of carboxylic acids is 1. The summed E-state index contributed by atoms with van der Waals surface area (Å²) in [7, 11) is 3.25. The fourth-order valence-corrected chi connectivity index (χ4v) is 1.95. The van der Waals surface area contributed by atoms with Gasteiger partial charge in [-0.3, -0.25) is 4.79 Å². The first-order valence-corrected chi connectivity index (χ1v) is 7.95. The van der Waals surface area contributed by atoms with Crippen molar-refractivity contribution in [3.8, 4) is 11.5 Å². The maximum Gasteiger partial charge on any atom is 0.339 e. The second kappa shape index (κ2) is 11.5. The smallest absolute Gasteiger partial charge is 0.339 e. The van der Waals surface area contributed by atoms with E-state index in [2.05, 4.69) is 10.1 Å². The Hall–Kier alpha value is -3.13. The van der Waals surface area contributed by atoms with E-state index in [1.807, 2.05) is 0 Å². The fourth-order valence-electron chi connectivity index (χ4n) is 1.95. The summed E-state index contributed by atoms with van der Waals surface area (Å²) < 4.78 is 27.3. The Bertz CT molecular complexity index is 748. The molecule has 7 nitrogen and oxygen atoms in total. The molecule has 2 aromatic rings. The van der Waals surface area contributed by atoms with Crippen LogP contribution in [0.5, 0.6) is 11.5 Å². The van der Waals surface area contributed by atoms with E-state index in [0.29, 0.717) is 24.6 Å². The van der Waals surface area contributed by atoms with E-state index in [1.165, 1.54) is 43.3 Å². The minimum Gasteiger partial charge on any atom is -0.492 e. The summed E-state index contributed by atoms with van der Waals surface area (Å²) >= 11 is 0. The van der Waals surface area contributed by atoms with Crippen LogP contribution < -0.4 is 14.8 Å². The van der Waals surface area contributed by atoms with Gasteiger partial charge in [-0.05, 0) is 42.5 Å². The lowest BCUT2D eigenvalue weighted by Gasteiger charge is -2.11. The largest absolute Gasteiger partial charge is 0.492 e. The van der Waals surface area contributed by atoms with Crippen LogP contribution in [0.4, 0.5) is 10.1 Å². The predicted molar refractivity (Wildman–Crippen MR) is 98.0 cm³/mol. The quantitative estimate of drug-likeness (QED) is 0.433. The van der Waals surface area contributed by atoms with Crippen molar-refractivity contribution in [2.45, 2.75) is 6.92 Å². The van der Waals surface area contributed by atoms with Crippen molar-refractivity contribution in [2.75, 3.05) is 32.7 Å². The molecule has 0 atom stereocenters. The Labute approximate surface area is 156 Å². The first-order chi connectivity index (χ1) is 12.9. The van der Waals surface area contributed by atoms with Gasteiger partial charge in [-0.15, -0.1) is 0 Å². The minimum atomic E-state index is -1.20. The highest BCUT2D eigenvalue weighted by molar-refractivity contribution is 5.93. The van der Waals surface area contributed by atoms with Crippen molar-refractivity contribution in [1.82, 2.24) is 0 Å². The van der Waals surface area contributed by atoms with Gasteiger partial charge >= 0.3 is 11.9 Å². The van der Waals surface area contributed by atoms with Crippen LogP contribution in [-0.4, -0.2) is 44.4 Å². The molecule has 27 heavy (non-hydrogen) atoms. The number of rotatable bonds is 7. The number of halogens is 1. The molecule has 0 radical (unpaired) electrons. The van der Waals surface area contributed by atoms with Crippen molar-refractivity contribution in [2.24, 2.45) is 0 Å². The van der Waals surface area contributed by atoms with Crippen molar-refractivity contribution < 1.29 is 33.3 Å². The Balaban J connectivity index is 0.00000114. The SMILES string of the molecule is CC(=O)Oc1ccc(NCCOc2ccc(F)cc2)cc1C(=O)O.COC. The number of carbonyl (C=O) groups is 2. The van der Waals surface area contributed by atoms with Crippen LogP contribution in [0.2, 0.25) is 0 Å². The molecular formula is C19H22FNO6. The van der Waals surface area contributed by atoms with Gasteiger partial charge in [0.05, 0.1) is 0 Å². The summed E-state index contributed by atoms with van der Waals surface area (Å²) in [5.41, 5.74) is 0.431. The van der Waals surface area contributed by atoms with Gasteiger partial charge in [-0.1, -0.05) is 0 Å². The van der Waals surface area contributed by atoms with E-state index in [4.69, 9.17) is 9.47 Å². The number of anilines is 1. The van der Waals surface area contributed by atoms with Gasteiger partial charge in [0.1, 0.15) is 29.5 Å². The molecule has 0 aromatic heterocycles. The molecule has 0 aliphatic rings. The molecular weight excluding hydrogens is 357 g/mol. The second-order valence-electron chi connectivity index (χ2n) is 5.25. The molecule has 0 spiro atoms. The Kier molecular flexibility index (Phi) is 9.32. The first kappa shape index (κ1) is 21.9. The van der Waals surface area contributed by atoms with Gasteiger partial charge < -0.3 is 24.6 Å². The molecule has 0 bridgehead atoms. The van der Waals surface area contributed by atoms with Crippen molar-refractivity contribution in [3.63, 3.8) is 0 Å². The molecule has 0 fully saturated rings. The summed E-state index contributed by atoms with van der Waals surface area (Å²) in [6.07, 6.45) is 0. The van der Waals surface area contributed by atoms with Crippen LogP contribution in [0.1, 0.15) is 17.3 Å². The molecule has 0 aliphatic heterocycles. The van der Waals surface area contributed by atoms with Crippen molar-refractivity contribution >= 4 is 17.6 Å². The molecule has 2 rings (SSSR count). The highest BCUT2D eigenvalue weighted by Gasteiger charge is 2.13. The third kappa shape index (κ3) is 8.19. The third-order valence-corrected chi connectivity index (χ3v) is 2.98. The second-order valence-corrected chi connectivity index (χ2v) is 5.25. The lowest BCUT2D eigenvalue weighted by molar-refractivity contribution is -0.131. The van der Waals surface area contributed by atoms with Gasteiger partial charge in [-0.25, -0.2) is 9.18 Å². The number of esters is 1. The zero-order valence-electron chi connectivity index (χ0n) is 15.3. The van der Waals surface area contributed by atoms with Crippen molar-refractivity contribution in [1.29, 1.82) is 0 Å². The van der Waals surface area contributed by atoms with E-state index in [9.17, 15) is 19.1 Å². The maximum absolute atomic E-state index is 12.8. The number of benzene rings is 2. The van der Waals surface area contributed by atoms with E-state index in [0.717, 1.165) is 0 Å². The third-order valence-electron chi connectivity index (χ3n) is 2.98. The van der Waals surface area contributed by atoms with Crippen LogP contribution in [0.25, 0.3) is 0 Å². The Morgan fingerprint density at radius 3 is 2.30 bits per heavy atom. The van der Waals surface area contributed by atoms with E-state index < -0.39 is 11.9 Å². The van der Waals surface area contributed by atoms with Crippen LogP contribution >= 0.6 is 0 Å². The molecule has 0 aliphatic carbocycles. The number of carbonyl (C=O) groups excluding carboxylic acids is 1. The van der Waals surface area contributed by atoms with Gasteiger partial charge in [0, 0.05) is 33.4 Å². The molecule has 0 heterocycles. The summed E-state index contributed by atoms with van der Waals surface area (Å²) in [5, 5.41) is 12.2. The minimum absolute atomic E-state index is 0.0110. The number of aromatic carboxylic acids is 1. The number of hydrogen-bond acceptors (Lipinski definition) is 6. The van der Waals surface area contributed by atoms with Gasteiger partial charge in [-0.2, -0.15) is 0 Å². The maximum atomic E-state index is 12.8. The number of ether oxygens (including phenoxy) is 3. The van der Waals surface area contributed by atoms with Crippen molar-refractivity contribution in [3.05, 3.63) is 53.8 Å². The van der Waals surface area contributed by atoms with E-state index in [-0.39, 0.29) is 17.1 Å². The molecule has 146 valence electrons. The average Bonchev–Trinajstić information content (AvgIpc) is 2.61. The average molecular weight is 379 g/mol. The molecule has 0 amide bonds. The molecule has 2 aromatic carbocycles. The fraction of sp³-hybridized carbons (Fsp3) is 0.263. The van der Waals surface area contributed by atoms with E-state index >= 15 is 0 Å². The number of hydrogen-bond donors (Lipinski definition) is 2. The zero-order valence-corrected chi connectivity index (χ0v) is 15.3. The highest BCUT2D eigenvalue weighted by atomic mass is 19.1. The van der Waals surface area contributed by atoms with Gasteiger partial charge in [0.15, 0.2) is 0 Å². The lowest BCUT2D eigenvalue weighted by atomic mass is 10.1. The monoisotopic (exact) mass is 379 g/mol. The zero-order chi connectivity index (χ0) is 20.2. The number of nitrogens with one attached hydrogen (secondary N) is 1. The van der Waals surface area contributed by atoms with Crippen LogP contribution in [0, 0.1) is 5.82 Å². The van der Waals surface area contributed by atoms with Crippen LogP contribution in [-0.2, 0) is 9.53 Å². The van der Waals surface area contributed by atoms with Gasteiger partial charge in [0.25, 0.3) is 0 Å². The van der Waals surface area contributed by atoms with Crippen LogP contribution in [0.15, 0.2) is 42.5 Å².